The van der Waals surface area contributed by atoms with Crippen LogP contribution in [0.5, 0.6) is 5.75 Å². The summed E-state index contributed by atoms with van der Waals surface area (Å²) < 4.78 is 7.46. The molecule has 3 rings (SSSR count). The van der Waals surface area contributed by atoms with Crippen molar-refractivity contribution in [1.29, 1.82) is 0 Å². The molecule has 118 valence electrons. The topological polar surface area (TPSA) is 66.0 Å². The molecule has 0 bridgehead atoms. The fraction of sp³-hybridized carbons (Fsp3) is 0.222. The molecule has 5 heteroatoms. The summed E-state index contributed by atoms with van der Waals surface area (Å²) in [7, 11) is 0. The highest BCUT2D eigenvalue weighted by Crippen LogP contribution is 2.25. The average Bonchev–Trinajstić information content (AvgIpc) is 3.05. The second-order valence-electron chi connectivity index (χ2n) is 5.20. The predicted molar refractivity (Wildman–Crippen MR) is 90.5 cm³/mol. The van der Waals surface area contributed by atoms with Crippen molar-refractivity contribution >= 4 is 0 Å². The summed E-state index contributed by atoms with van der Waals surface area (Å²) in [6.45, 7) is 3.21. The summed E-state index contributed by atoms with van der Waals surface area (Å²) in [6.07, 6.45) is 2.75. The third-order valence-corrected chi connectivity index (χ3v) is 3.46. The minimum absolute atomic E-state index is 0.393. The first-order valence-corrected chi connectivity index (χ1v) is 7.75. The zero-order valence-electron chi connectivity index (χ0n) is 13.1. The molecule has 0 atom stereocenters. The van der Waals surface area contributed by atoms with Crippen LogP contribution in [0.25, 0.3) is 17.1 Å². The van der Waals surface area contributed by atoms with Crippen LogP contribution in [-0.4, -0.2) is 21.4 Å². The number of nitrogens with zero attached hydrogens (tertiary/aromatic N) is 3. The van der Waals surface area contributed by atoms with Crippen LogP contribution in [0.4, 0.5) is 0 Å². The van der Waals surface area contributed by atoms with Crippen LogP contribution in [0.15, 0.2) is 54.7 Å². The molecular formula is C18H20N4O. The Hall–Kier alpha value is -2.66. The summed E-state index contributed by atoms with van der Waals surface area (Å²) >= 11 is 0. The van der Waals surface area contributed by atoms with Crippen molar-refractivity contribution in [2.45, 2.75) is 19.9 Å². The predicted octanol–water partition coefficient (Wildman–Crippen LogP) is 3.18. The first-order valence-electron chi connectivity index (χ1n) is 7.75. The van der Waals surface area contributed by atoms with E-state index in [1.165, 1.54) is 0 Å². The van der Waals surface area contributed by atoms with Crippen LogP contribution in [0.2, 0.25) is 0 Å². The number of rotatable bonds is 6. The van der Waals surface area contributed by atoms with Gasteiger partial charge >= 0.3 is 0 Å². The number of hydrogen-bond acceptors (Lipinski definition) is 4. The van der Waals surface area contributed by atoms with Crippen molar-refractivity contribution in [1.82, 2.24) is 14.8 Å². The van der Waals surface area contributed by atoms with Gasteiger partial charge < -0.3 is 10.5 Å². The highest BCUT2D eigenvalue weighted by atomic mass is 16.5. The van der Waals surface area contributed by atoms with Crippen molar-refractivity contribution in [2.24, 2.45) is 5.73 Å². The Morgan fingerprint density at radius 3 is 2.61 bits per heavy atom. The van der Waals surface area contributed by atoms with Gasteiger partial charge in [-0.05, 0) is 48.9 Å². The normalized spacial score (nSPS) is 10.7. The maximum atomic E-state index is 5.75. The van der Waals surface area contributed by atoms with E-state index in [0.29, 0.717) is 6.54 Å². The van der Waals surface area contributed by atoms with Gasteiger partial charge in [-0.3, -0.25) is 0 Å². The summed E-state index contributed by atoms with van der Waals surface area (Å²) in [5.41, 5.74) is 8.59. The molecule has 0 unspecified atom stereocenters. The van der Waals surface area contributed by atoms with E-state index in [-0.39, 0.29) is 0 Å². The van der Waals surface area contributed by atoms with Crippen molar-refractivity contribution in [2.75, 3.05) is 6.61 Å². The van der Waals surface area contributed by atoms with Crippen LogP contribution >= 0.6 is 0 Å². The molecule has 0 saturated carbocycles. The fourth-order valence-corrected chi connectivity index (χ4v) is 2.33. The lowest BCUT2D eigenvalue weighted by atomic mass is 10.1. The number of pyridine rings is 1. The van der Waals surface area contributed by atoms with E-state index in [9.17, 15) is 0 Å². The standard InChI is InChI=1S/C18H20N4O/c1-2-11-23-16-8-6-14(7-9-16)17-12-15(13-19)21-22(17)18-5-3-4-10-20-18/h3-10,12H,2,11,13,19H2,1H3. The Balaban J connectivity index is 1.97. The number of aromatic nitrogens is 3. The molecular weight excluding hydrogens is 288 g/mol. The number of hydrogen-bond donors (Lipinski definition) is 1. The minimum Gasteiger partial charge on any atom is -0.494 e. The van der Waals surface area contributed by atoms with Gasteiger partial charge in [-0.2, -0.15) is 5.10 Å². The Labute approximate surface area is 135 Å². The van der Waals surface area contributed by atoms with Gasteiger partial charge in [-0.25, -0.2) is 9.67 Å². The van der Waals surface area contributed by atoms with E-state index in [1.54, 1.807) is 6.20 Å². The molecule has 5 nitrogen and oxygen atoms in total. The van der Waals surface area contributed by atoms with Crippen LogP contribution in [0.1, 0.15) is 19.0 Å². The molecule has 0 radical (unpaired) electrons. The minimum atomic E-state index is 0.393. The molecule has 2 heterocycles. The number of ether oxygens (including phenoxy) is 1. The third kappa shape index (κ3) is 3.40. The van der Waals surface area contributed by atoms with Gasteiger partial charge in [-0.1, -0.05) is 13.0 Å². The van der Waals surface area contributed by atoms with E-state index in [0.717, 1.165) is 41.5 Å². The first-order chi connectivity index (χ1) is 11.3. The molecule has 23 heavy (non-hydrogen) atoms. The molecule has 0 fully saturated rings. The second-order valence-corrected chi connectivity index (χ2v) is 5.20. The molecule has 0 aliphatic carbocycles. The zero-order chi connectivity index (χ0) is 16.1. The summed E-state index contributed by atoms with van der Waals surface area (Å²) in [6, 6.07) is 15.8. The molecule has 1 aromatic carbocycles. The molecule has 0 saturated heterocycles. The maximum Gasteiger partial charge on any atom is 0.153 e. The van der Waals surface area contributed by atoms with Gasteiger partial charge in [0.1, 0.15) is 5.75 Å². The van der Waals surface area contributed by atoms with E-state index >= 15 is 0 Å². The van der Waals surface area contributed by atoms with Crippen LogP contribution in [0, 0.1) is 0 Å². The van der Waals surface area contributed by atoms with Crippen LogP contribution in [-0.2, 0) is 6.54 Å². The second kappa shape index (κ2) is 7.07. The quantitative estimate of drug-likeness (QED) is 0.759. The van der Waals surface area contributed by atoms with Gasteiger partial charge in [0.25, 0.3) is 0 Å². The fourth-order valence-electron chi connectivity index (χ4n) is 2.33. The Morgan fingerprint density at radius 1 is 1.13 bits per heavy atom. The third-order valence-electron chi connectivity index (χ3n) is 3.46. The van der Waals surface area contributed by atoms with Crippen molar-refractivity contribution in [3.8, 4) is 22.8 Å². The Bertz CT molecular complexity index is 750. The van der Waals surface area contributed by atoms with E-state index in [4.69, 9.17) is 10.5 Å². The Morgan fingerprint density at radius 2 is 1.96 bits per heavy atom. The SMILES string of the molecule is CCCOc1ccc(-c2cc(CN)nn2-c2ccccn2)cc1. The zero-order valence-corrected chi connectivity index (χ0v) is 13.1. The summed E-state index contributed by atoms with van der Waals surface area (Å²) in [4.78, 5) is 4.38. The van der Waals surface area contributed by atoms with Gasteiger partial charge in [-0.15, -0.1) is 0 Å². The van der Waals surface area contributed by atoms with Gasteiger partial charge in [0.2, 0.25) is 0 Å². The first kappa shape index (κ1) is 15.2. The van der Waals surface area contributed by atoms with E-state index < -0.39 is 0 Å². The van der Waals surface area contributed by atoms with Gasteiger partial charge in [0.05, 0.1) is 18.0 Å². The monoisotopic (exact) mass is 308 g/mol. The van der Waals surface area contributed by atoms with Crippen molar-refractivity contribution < 1.29 is 4.74 Å². The number of benzene rings is 1. The maximum absolute atomic E-state index is 5.75. The largest absolute Gasteiger partial charge is 0.494 e. The lowest BCUT2D eigenvalue weighted by Crippen LogP contribution is -2.03. The lowest BCUT2D eigenvalue weighted by molar-refractivity contribution is 0.317. The molecule has 0 amide bonds. The summed E-state index contributed by atoms with van der Waals surface area (Å²) in [5.74, 6) is 1.65. The van der Waals surface area contributed by atoms with Crippen LogP contribution in [0.3, 0.4) is 0 Å². The van der Waals surface area contributed by atoms with Gasteiger partial charge in [0.15, 0.2) is 5.82 Å². The Kier molecular flexibility index (Phi) is 4.68. The molecule has 3 aromatic rings. The average molecular weight is 308 g/mol. The molecule has 0 aliphatic rings. The number of nitrogens with two attached hydrogens (primary N) is 1. The molecule has 2 N–H and O–H groups in total. The highest BCUT2D eigenvalue weighted by molar-refractivity contribution is 5.63. The van der Waals surface area contributed by atoms with E-state index in [2.05, 4.69) is 17.0 Å². The van der Waals surface area contributed by atoms with Gasteiger partial charge in [0, 0.05) is 18.3 Å². The smallest absolute Gasteiger partial charge is 0.153 e. The highest BCUT2D eigenvalue weighted by Gasteiger charge is 2.11. The van der Waals surface area contributed by atoms with E-state index in [1.807, 2.05) is 53.2 Å². The molecule has 0 spiro atoms. The van der Waals surface area contributed by atoms with Crippen LogP contribution < -0.4 is 10.5 Å². The van der Waals surface area contributed by atoms with Crippen molar-refractivity contribution in [3.05, 3.63) is 60.4 Å². The van der Waals surface area contributed by atoms with Crippen molar-refractivity contribution in [3.63, 3.8) is 0 Å². The lowest BCUT2D eigenvalue weighted by Gasteiger charge is -2.08. The molecule has 0 aliphatic heterocycles. The summed E-state index contributed by atoms with van der Waals surface area (Å²) in [5, 5.41) is 4.55. The molecule has 2 aromatic heterocycles.